The molecule has 1 N–H and O–H groups in total. The van der Waals surface area contributed by atoms with E-state index in [1.807, 2.05) is 24.4 Å². The summed E-state index contributed by atoms with van der Waals surface area (Å²) in [5.74, 6) is 0.0992. The largest absolute Gasteiger partial charge is 0.304 e. The predicted molar refractivity (Wildman–Crippen MR) is 79.7 cm³/mol. The summed E-state index contributed by atoms with van der Waals surface area (Å²) in [6, 6.07) is 16.5. The summed E-state index contributed by atoms with van der Waals surface area (Å²) in [5, 5.41) is 4.32. The highest BCUT2D eigenvalue weighted by Gasteiger charge is 2.19. The van der Waals surface area contributed by atoms with E-state index in [1.54, 1.807) is 4.57 Å². The number of nitrogens with zero attached hydrogens (tertiary/aromatic N) is 1. The number of carbonyl (C=O) groups excluding carboxylic acids is 1. The Balaban J connectivity index is 2.08. The number of nitrogens with one attached hydrogen (secondary N) is 1. The Hall–Kier alpha value is -2.39. The zero-order valence-corrected chi connectivity index (χ0v) is 11.0. The molecule has 0 spiro atoms. The van der Waals surface area contributed by atoms with Crippen LogP contribution in [0.4, 0.5) is 0 Å². The number of aromatic nitrogens is 1. The summed E-state index contributed by atoms with van der Waals surface area (Å²) >= 11 is 0. The van der Waals surface area contributed by atoms with Crippen molar-refractivity contribution in [3.8, 4) is 11.1 Å². The minimum Gasteiger partial charge on any atom is -0.304 e. The average Bonchev–Trinajstić information content (AvgIpc) is 2.80. The highest BCUT2D eigenvalue weighted by atomic mass is 16.2. The maximum atomic E-state index is 12.2. The summed E-state index contributed by atoms with van der Waals surface area (Å²) in [6.45, 7) is 1.12. The number of benzene rings is 2. The molecule has 0 saturated heterocycles. The molecule has 20 heavy (non-hydrogen) atoms. The van der Waals surface area contributed by atoms with Crippen LogP contribution < -0.4 is 5.32 Å². The van der Waals surface area contributed by atoms with E-state index < -0.39 is 0 Å². The van der Waals surface area contributed by atoms with Gasteiger partial charge in [-0.1, -0.05) is 48.5 Å². The van der Waals surface area contributed by atoms with Crippen molar-refractivity contribution < 1.29 is 4.79 Å². The van der Waals surface area contributed by atoms with Crippen LogP contribution in [0.2, 0.25) is 0 Å². The minimum absolute atomic E-state index is 0.0992. The standard InChI is InChI=1S/C17H14N2O/c20-16-10-18-9-13-7-4-8-14-15(11-19(16)17(13)14)12-5-2-1-3-6-12/h1-8,11,18H,9-10H2. The van der Waals surface area contributed by atoms with E-state index in [2.05, 4.69) is 35.6 Å². The van der Waals surface area contributed by atoms with Crippen LogP contribution in [0.25, 0.3) is 22.0 Å². The molecule has 0 aliphatic carbocycles. The first-order valence-corrected chi connectivity index (χ1v) is 6.77. The lowest BCUT2D eigenvalue weighted by molar-refractivity contribution is 0.0920. The third-order valence-electron chi connectivity index (χ3n) is 3.85. The van der Waals surface area contributed by atoms with E-state index in [9.17, 15) is 4.79 Å². The van der Waals surface area contributed by atoms with Crippen LogP contribution in [0.15, 0.2) is 54.7 Å². The second-order valence-corrected chi connectivity index (χ2v) is 5.09. The number of hydrogen-bond donors (Lipinski definition) is 1. The Labute approximate surface area is 116 Å². The van der Waals surface area contributed by atoms with Crippen LogP contribution in [0.3, 0.4) is 0 Å². The Morgan fingerprint density at radius 3 is 2.65 bits per heavy atom. The van der Waals surface area contributed by atoms with Gasteiger partial charge in [-0.05, 0) is 11.1 Å². The summed E-state index contributed by atoms with van der Waals surface area (Å²) in [4.78, 5) is 12.2. The van der Waals surface area contributed by atoms with Crippen LogP contribution >= 0.6 is 0 Å². The molecule has 0 fully saturated rings. The molecule has 0 amide bonds. The lowest BCUT2D eigenvalue weighted by atomic mass is 10.0. The van der Waals surface area contributed by atoms with Gasteiger partial charge in [0.15, 0.2) is 0 Å². The molecular formula is C17H14N2O. The van der Waals surface area contributed by atoms with Gasteiger partial charge in [0, 0.05) is 23.7 Å². The predicted octanol–water partition coefficient (Wildman–Crippen LogP) is 3.05. The molecule has 0 bridgehead atoms. The highest BCUT2D eigenvalue weighted by Crippen LogP contribution is 2.33. The molecule has 1 aliphatic rings. The maximum Gasteiger partial charge on any atom is 0.245 e. The van der Waals surface area contributed by atoms with Gasteiger partial charge in [-0.15, -0.1) is 0 Å². The molecule has 3 nitrogen and oxygen atoms in total. The normalized spacial score (nSPS) is 14.5. The topological polar surface area (TPSA) is 34.0 Å². The zero-order valence-electron chi connectivity index (χ0n) is 11.0. The third kappa shape index (κ3) is 1.60. The molecule has 0 saturated carbocycles. The van der Waals surface area contributed by atoms with E-state index in [4.69, 9.17) is 0 Å². The van der Waals surface area contributed by atoms with Crippen LogP contribution in [-0.2, 0) is 6.54 Å². The maximum absolute atomic E-state index is 12.2. The molecule has 0 unspecified atom stereocenters. The Bertz CT molecular complexity index is 802. The van der Waals surface area contributed by atoms with Gasteiger partial charge in [0.25, 0.3) is 0 Å². The highest BCUT2D eigenvalue weighted by molar-refractivity contribution is 6.04. The lowest BCUT2D eigenvalue weighted by Gasteiger charge is -2.02. The van der Waals surface area contributed by atoms with Gasteiger partial charge in [-0.25, -0.2) is 0 Å². The third-order valence-corrected chi connectivity index (χ3v) is 3.85. The van der Waals surface area contributed by atoms with Crippen LogP contribution in [0, 0.1) is 0 Å². The quantitative estimate of drug-likeness (QED) is 0.731. The van der Waals surface area contributed by atoms with Crippen molar-refractivity contribution in [1.29, 1.82) is 0 Å². The van der Waals surface area contributed by atoms with Gasteiger partial charge < -0.3 is 5.32 Å². The molecule has 0 atom stereocenters. The number of hydrogen-bond acceptors (Lipinski definition) is 2. The Morgan fingerprint density at radius 1 is 0.950 bits per heavy atom. The first kappa shape index (κ1) is 11.4. The summed E-state index contributed by atoms with van der Waals surface area (Å²) in [5.41, 5.74) is 4.49. The van der Waals surface area contributed by atoms with Gasteiger partial charge in [0.2, 0.25) is 5.91 Å². The van der Waals surface area contributed by atoms with Crippen molar-refractivity contribution in [2.24, 2.45) is 0 Å². The Morgan fingerprint density at radius 2 is 1.80 bits per heavy atom. The monoisotopic (exact) mass is 262 g/mol. The molecule has 2 aromatic carbocycles. The Kier molecular flexibility index (Phi) is 2.47. The number of para-hydroxylation sites is 1. The average molecular weight is 262 g/mol. The first-order valence-electron chi connectivity index (χ1n) is 6.77. The zero-order chi connectivity index (χ0) is 13.5. The minimum atomic E-state index is 0.0992. The van der Waals surface area contributed by atoms with Crippen LogP contribution in [0.5, 0.6) is 0 Å². The summed E-state index contributed by atoms with van der Waals surface area (Å²) in [7, 11) is 0. The van der Waals surface area contributed by atoms with Crippen LogP contribution in [0.1, 0.15) is 10.4 Å². The van der Waals surface area contributed by atoms with Crippen LogP contribution in [-0.4, -0.2) is 17.0 Å². The summed E-state index contributed by atoms with van der Waals surface area (Å²) in [6.07, 6.45) is 1.97. The molecule has 0 radical (unpaired) electrons. The molecule has 2 heterocycles. The lowest BCUT2D eigenvalue weighted by Crippen LogP contribution is -2.23. The van der Waals surface area contributed by atoms with Gasteiger partial charge in [-0.3, -0.25) is 9.36 Å². The molecule has 3 heteroatoms. The number of carbonyl (C=O) groups is 1. The van der Waals surface area contributed by atoms with E-state index in [0.29, 0.717) is 6.54 Å². The van der Waals surface area contributed by atoms with Crippen molar-refractivity contribution in [3.05, 3.63) is 60.3 Å². The van der Waals surface area contributed by atoms with E-state index in [0.717, 1.165) is 28.6 Å². The number of rotatable bonds is 1. The molecule has 98 valence electrons. The van der Waals surface area contributed by atoms with Gasteiger partial charge in [-0.2, -0.15) is 0 Å². The van der Waals surface area contributed by atoms with Crippen molar-refractivity contribution >= 4 is 16.8 Å². The van der Waals surface area contributed by atoms with Crippen molar-refractivity contribution in [1.82, 2.24) is 9.88 Å². The second kappa shape index (κ2) is 4.32. The fraction of sp³-hybridized carbons (Fsp3) is 0.118. The van der Waals surface area contributed by atoms with E-state index in [1.165, 1.54) is 5.56 Å². The van der Waals surface area contributed by atoms with E-state index in [-0.39, 0.29) is 5.91 Å². The first-order chi connectivity index (χ1) is 9.84. The second-order valence-electron chi connectivity index (χ2n) is 5.09. The SMILES string of the molecule is O=C1CNCc2cccc3c(-c4ccccc4)cn1c23. The van der Waals surface area contributed by atoms with Crippen molar-refractivity contribution in [3.63, 3.8) is 0 Å². The molecule has 3 aromatic rings. The van der Waals surface area contributed by atoms with Gasteiger partial charge in [0.05, 0.1) is 12.1 Å². The molecule has 4 rings (SSSR count). The fourth-order valence-electron chi connectivity index (χ4n) is 2.93. The van der Waals surface area contributed by atoms with Gasteiger partial charge in [0.1, 0.15) is 0 Å². The van der Waals surface area contributed by atoms with Crippen molar-refractivity contribution in [2.75, 3.05) is 6.54 Å². The molecule has 1 aromatic heterocycles. The summed E-state index contributed by atoms with van der Waals surface area (Å²) < 4.78 is 1.80. The smallest absolute Gasteiger partial charge is 0.245 e. The van der Waals surface area contributed by atoms with Crippen molar-refractivity contribution in [2.45, 2.75) is 6.54 Å². The van der Waals surface area contributed by atoms with Gasteiger partial charge >= 0.3 is 0 Å². The molecule has 1 aliphatic heterocycles. The fourth-order valence-corrected chi connectivity index (χ4v) is 2.93. The van der Waals surface area contributed by atoms with E-state index >= 15 is 0 Å². The molecular weight excluding hydrogens is 248 g/mol.